The lowest BCUT2D eigenvalue weighted by Gasteiger charge is -2.14. The molecule has 1 saturated heterocycles. The number of hydrogen-bond donors (Lipinski definition) is 3. The fourth-order valence-electron chi connectivity index (χ4n) is 3.03. The second-order valence-corrected chi connectivity index (χ2v) is 6.68. The molecule has 6 heteroatoms. The Hall–Kier alpha value is -2.57. The third kappa shape index (κ3) is 4.33. The van der Waals surface area contributed by atoms with Crippen molar-refractivity contribution >= 4 is 11.6 Å². The molecule has 26 heavy (non-hydrogen) atoms. The van der Waals surface area contributed by atoms with E-state index in [0.717, 1.165) is 22.6 Å². The van der Waals surface area contributed by atoms with Crippen LogP contribution < -0.4 is 25.8 Å². The summed E-state index contributed by atoms with van der Waals surface area (Å²) in [5.41, 5.74) is 9.62. The maximum atomic E-state index is 12.4. The summed E-state index contributed by atoms with van der Waals surface area (Å²) in [7, 11) is 5.67. The molecule has 0 radical (unpaired) electrons. The van der Waals surface area contributed by atoms with Crippen molar-refractivity contribution in [3.63, 3.8) is 0 Å². The van der Waals surface area contributed by atoms with Crippen LogP contribution in [0.25, 0.3) is 0 Å². The van der Waals surface area contributed by atoms with Crippen LogP contribution in [0, 0.1) is 0 Å². The molecule has 138 valence electrons. The van der Waals surface area contributed by atoms with E-state index in [9.17, 15) is 4.79 Å². The molecule has 0 bridgehead atoms. The van der Waals surface area contributed by atoms with Gasteiger partial charge in [0.2, 0.25) is 5.91 Å². The zero-order chi connectivity index (χ0) is 18.5. The summed E-state index contributed by atoms with van der Waals surface area (Å²) < 4.78 is 5.27. The molecule has 2 aromatic carbocycles. The molecule has 1 heterocycles. The summed E-state index contributed by atoms with van der Waals surface area (Å²) in [6, 6.07) is 15.9. The largest absolute Gasteiger partial charge is 0.497 e. The van der Waals surface area contributed by atoms with Gasteiger partial charge in [-0.1, -0.05) is 24.3 Å². The summed E-state index contributed by atoms with van der Waals surface area (Å²) in [4.78, 5) is 14.5. The molecule has 0 aromatic heterocycles. The maximum Gasteiger partial charge on any atom is 0.238 e. The molecule has 1 aliphatic rings. The molecule has 2 unspecified atom stereocenters. The molecule has 1 aliphatic heterocycles. The molecule has 0 spiro atoms. The minimum absolute atomic E-state index is 0.000387. The van der Waals surface area contributed by atoms with Crippen LogP contribution in [0.2, 0.25) is 0 Å². The van der Waals surface area contributed by atoms with Crippen LogP contribution >= 0.6 is 0 Å². The van der Waals surface area contributed by atoms with E-state index in [0.29, 0.717) is 13.0 Å². The highest BCUT2D eigenvalue weighted by atomic mass is 16.5. The van der Waals surface area contributed by atoms with Crippen LogP contribution in [0.4, 0.5) is 5.69 Å². The van der Waals surface area contributed by atoms with Crippen molar-refractivity contribution in [2.24, 2.45) is 0 Å². The van der Waals surface area contributed by atoms with Crippen LogP contribution in [0.15, 0.2) is 48.5 Å². The lowest BCUT2D eigenvalue weighted by molar-refractivity contribution is -0.123. The zero-order valence-electron chi connectivity index (χ0n) is 15.5. The number of methoxy groups -OCH3 is 1. The van der Waals surface area contributed by atoms with Gasteiger partial charge in [0.15, 0.2) is 0 Å². The Morgan fingerprint density at radius 1 is 1.19 bits per heavy atom. The van der Waals surface area contributed by atoms with E-state index >= 15 is 0 Å². The number of hydrazine groups is 1. The van der Waals surface area contributed by atoms with E-state index in [-0.39, 0.29) is 18.0 Å². The molecule has 3 rings (SSSR count). The minimum Gasteiger partial charge on any atom is -0.497 e. The first kappa shape index (κ1) is 18.2. The van der Waals surface area contributed by atoms with E-state index < -0.39 is 0 Å². The molecule has 2 atom stereocenters. The number of nitrogens with zero attached hydrogens (tertiary/aromatic N) is 1. The first-order valence-electron chi connectivity index (χ1n) is 8.76. The average molecular weight is 354 g/mol. The van der Waals surface area contributed by atoms with E-state index in [1.54, 1.807) is 7.11 Å². The minimum atomic E-state index is -0.257. The van der Waals surface area contributed by atoms with Crippen molar-refractivity contribution in [2.75, 3.05) is 26.1 Å². The quantitative estimate of drug-likeness (QED) is 0.740. The van der Waals surface area contributed by atoms with Crippen LogP contribution in [-0.2, 0) is 11.3 Å². The fraction of sp³-hybridized carbons (Fsp3) is 0.350. The third-order valence-corrected chi connectivity index (χ3v) is 4.64. The van der Waals surface area contributed by atoms with Gasteiger partial charge < -0.3 is 15.0 Å². The van der Waals surface area contributed by atoms with Crippen molar-refractivity contribution in [1.29, 1.82) is 0 Å². The van der Waals surface area contributed by atoms with Gasteiger partial charge in [-0.3, -0.25) is 4.79 Å². The van der Waals surface area contributed by atoms with Gasteiger partial charge in [0.05, 0.1) is 7.11 Å². The monoisotopic (exact) mass is 354 g/mol. The lowest BCUT2D eigenvalue weighted by Crippen LogP contribution is -2.42. The fourth-order valence-corrected chi connectivity index (χ4v) is 3.03. The molecule has 6 nitrogen and oxygen atoms in total. The van der Waals surface area contributed by atoms with Gasteiger partial charge in [0, 0.05) is 32.4 Å². The topological polar surface area (TPSA) is 65.6 Å². The van der Waals surface area contributed by atoms with E-state index in [4.69, 9.17) is 4.74 Å². The third-order valence-electron chi connectivity index (χ3n) is 4.64. The molecule has 2 aromatic rings. The Morgan fingerprint density at radius 3 is 2.65 bits per heavy atom. The van der Waals surface area contributed by atoms with E-state index in [1.165, 1.54) is 0 Å². The summed E-state index contributed by atoms with van der Waals surface area (Å²) >= 11 is 0. The number of anilines is 1. The number of nitrogens with one attached hydrogen (secondary N) is 3. The summed E-state index contributed by atoms with van der Waals surface area (Å²) in [6.45, 7) is 0.522. The van der Waals surface area contributed by atoms with E-state index in [2.05, 4.69) is 33.2 Å². The SMILES string of the molecule is COc1cccc(C2CC(C(=O)NCc3ccc(N(C)C)cc3)NN2)c1. The van der Waals surface area contributed by atoms with Gasteiger partial charge in [-0.15, -0.1) is 0 Å². The molecule has 1 fully saturated rings. The summed E-state index contributed by atoms with van der Waals surface area (Å²) in [5, 5.41) is 3.00. The average Bonchev–Trinajstić information content (AvgIpc) is 3.17. The maximum absolute atomic E-state index is 12.4. The normalized spacial score (nSPS) is 19.2. The van der Waals surface area contributed by atoms with Gasteiger partial charge >= 0.3 is 0 Å². The van der Waals surface area contributed by atoms with Gasteiger partial charge in [0.1, 0.15) is 11.8 Å². The predicted molar refractivity (Wildman–Crippen MR) is 103 cm³/mol. The van der Waals surface area contributed by atoms with Crippen molar-refractivity contribution < 1.29 is 9.53 Å². The first-order valence-corrected chi connectivity index (χ1v) is 8.76. The molecule has 0 saturated carbocycles. The van der Waals surface area contributed by atoms with Gasteiger partial charge in [0.25, 0.3) is 0 Å². The predicted octanol–water partition coefficient (Wildman–Crippen LogP) is 1.99. The smallest absolute Gasteiger partial charge is 0.238 e. The van der Waals surface area contributed by atoms with Gasteiger partial charge in [-0.05, 0) is 41.8 Å². The highest BCUT2D eigenvalue weighted by molar-refractivity contribution is 5.82. The Bertz CT molecular complexity index is 746. The first-order chi connectivity index (χ1) is 12.6. The molecule has 0 aliphatic carbocycles. The number of benzene rings is 2. The number of rotatable bonds is 6. The van der Waals surface area contributed by atoms with Crippen molar-refractivity contribution in [3.8, 4) is 5.75 Å². The van der Waals surface area contributed by atoms with Gasteiger partial charge in [-0.2, -0.15) is 0 Å². The van der Waals surface area contributed by atoms with Crippen molar-refractivity contribution in [2.45, 2.75) is 25.0 Å². The number of carbonyl (C=O) groups excluding carboxylic acids is 1. The molecular formula is C20H26N4O2. The Balaban J connectivity index is 1.52. The highest BCUT2D eigenvalue weighted by Gasteiger charge is 2.30. The molecule has 1 amide bonds. The number of hydrogen-bond acceptors (Lipinski definition) is 5. The second kappa shape index (κ2) is 8.21. The summed E-state index contributed by atoms with van der Waals surface area (Å²) in [6.07, 6.45) is 0.693. The Morgan fingerprint density at radius 2 is 1.96 bits per heavy atom. The van der Waals surface area contributed by atoms with Crippen molar-refractivity contribution in [1.82, 2.24) is 16.2 Å². The molecular weight excluding hydrogens is 328 g/mol. The lowest BCUT2D eigenvalue weighted by atomic mass is 10.0. The van der Waals surface area contributed by atoms with Crippen molar-refractivity contribution in [3.05, 3.63) is 59.7 Å². The van der Waals surface area contributed by atoms with Gasteiger partial charge in [-0.25, -0.2) is 10.9 Å². The number of ether oxygens (including phenoxy) is 1. The number of carbonyl (C=O) groups is 1. The van der Waals surface area contributed by atoms with Crippen LogP contribution in [0.3, 0.4) is 0 Å². The standard InChI is InChI=1S/C20H26N4O2/c1-24(2)16-9-7-14(8-10-16)13-21-20(25)19-12-18(22-23-19)15-5-4-6-17(11-15)26-3/h4-11,18-19,22-23H,12-13H2,1-3H3,(H,21,25). The van der Waals surface area contributed by atoms with E-state index in [1.807, 2.05) is 50.5 Å². The van der Waals surface area contributed by atoms with Crippen LogP contribution in [-0.4, -0.2) is 33.2 Å². The Kier molecular flexibility index (Phi) is 5.75. The zero-order valence-corrected chi connectivity index (χ0v) is 15.5. The molecule has 3 N–H and O–H groups in total. The second-order valence-electron chi connectivity index (χ2n) is 6.68. The van der Waals surface area contributed by atoms with Crippen LogP contribution in [0.1, 0.15) is 23.6 Å². The highest BCUT2D eigenvalue weighted by Crippen LogP contribution is 2.25. The Labute approximate surface area is 154 Å². The summed E-state index contributed by atoms with van der Waals surface area (Å²) in [5.74, 6) is 0.818. The van der Waals surface area contributed by atoms with Crippen LogP contribution in [0.5, 0.6) is 5.75 Å². The number of amides is 1.